The van der Waals surface area contributed by atoms with Gasteiger partial charge in [-0.1, -0.05) is 110 Å². The molecule has 6 heterocycles. The molecule has 24 nitrogen and oxygen atoms in total. The maximum absolute atomic E-state index is 12.0. The predicted octanol–water partition coefficient (Wildman–Crippen LogP) is 18.1. The molecule has 0 unspecified atom stereocenters. The van der Waals surface area contributed by atoms with Gasteiger partial charge >= 0.3 is 24.1 Å². The molecular formula is C101H117N11O13. The zero-order valence-corrected chi connectivity index (χ0v) is 75.7. The molecule has 0 bridgehead atoms. The molecule has 0 aromatic heterocycles. The molecule has 12 amide bonds. The molecule has 8 aliphatic rings. The molecule has 8 N–H and O–H groups in total. The van der Waals surface area contributed by atoms with Gasteiger partial charge in [-0.3, -0.25) is 40.4 Å². The number of imide groups is 4. The van der Waals surface area contributed by atoms with E-state index < -0.39 is 47.8 Å². The Hall–Kier alpha value is -13.1. The monoisotopic (exact) mass is 1690 g/mol. The van der Waals surface area contributed by atoms with Crippen molar-refractivity contribution in [2.45, 2.75) is 189 Å². The van der Waals surface area contributed by atoms with Gasteiger partial charge in [0, 0.05) is 65.7 Å². The number of carbonyl (C=O) groups excluding carboxylic acids is 8. The lowest BCUT2D eigenvalue weighted by atomic mass is 9.63. The van der Waals surface area contributed by atoms with Crippen molar-refractivity contribution in [2.75, 3.05) is 69.9 Å². The first-order valence-corrected chi connectivity index (χ1v) is 42.8. The number of urea groups is 4. The topological polar surface area (TPSA) is 289 Å². The van der Waals surface area contributed by atoms with E-state index in [4.69, 9.17) is 23.7 Å². The highest BCUT2D eigenvalue weighted by Gasteiger charge is 2.40. The number of ether oxygens (including phenoxy) is 5. The summed E-state index contributed by atoms with van der Waals surface area (Å²) in [7, 11) is 8.21. The van der Waals surface area contributed by atoms with E-state index >= 15 is 0 Å². The molecule has 24 heteroatoms. The SMILES string of the molecule is COc1ccc(/C=C2\NC(=O)NC2=O)c(OC)c1-c1ccc2c(c1)C(C)(C)CCC2(C)C.COc1ccc(/C=C2\NC(=O)NC2=O)cc1-c1cc2c(cc1C)N(C(C)C)CCC2.COc1ccc(/C=C2\NC(=O)NC2=O)cc1-c1cc2c(cc1C)N(C(C)C)CCN2C(C)C.COc1ccc(/C=C2\NC(=O)NC2=O)cc1-c1ccc2c(c1)C(C)(C)CCC2(C)C. The molecule has 0 radical (unpaired) electrons. The largest absolute Gasteiger partial charge is 0.496 e. The lowest BCUT2D eigenvalue weighted by Gasteiger charge is -2.43. The lowest BCUT2D eigenvalue weighted by molar-refractivity contribution is -0.116. The van der Waals surface area contributed by atoms with Gasteiger partial charge < -0.3 is 59.7 Å². The van der Waals surface area contributed by atoms with Crippen LogP contribution in [0, 0.1) is 13.8 Å². The zero-order chi connectivity index (χ0) is 90.2. The number of nitrogens with one attached hydrogen (secondary N) is 8. The van der Waals surface area contributed by atoms with Gasteiger partial charge in [-0.05, 0) is 291 Å². The van der Waals surface area contributed by atoms with Crippen molar-refractivity contribution < 1.29 is 62.0 Å². The molecule has 0 spiro atoms. The van der Waals surface area contributed by atoms with Gasteiger partial charge in [-0.15, -0.1) is 0 Å². The molecule has 16 rings (SSSR count). The van der Waals surface area contributed by atoms with Crippen LogP contribution in [-0.2, 0) is 47.3 Å². The average molecular weight is 1690 g/mol. The zero-order valence-electron chi connectivity index (χ0n) is 75.7. The highest BCUT2D eigenvalue weighted by molar-refractivity contribution is 6.16. The number of hydrogen-bond donors (Lipinski definition) is 8. The summed E-state index contributed by atoms with van der Waals surface area (Å²) in [5, 5.41) is 19.0. The van der Waals surface area contributed by atoms with Crippen molar-refractivity contribution in [2.24, 2.45) is 0 Å². The summed E-state index contributed by atoms with van der Waals surface area (Å²) in [6.07, 6.45) is 13.4. The number of carbonyl (C=O) groups is 8. The molecule has 654 valence electrons. The summed E-state index contributed by atoms with van der Waals surface area (Å²) in [5.74, 6) is 1.83. The third-order valence-electron chi connectivity index (χ3n) is 25.2. The maximum Gasteiger partial charge on any atom is 0.326 e. The van der Waals surface area contributed by atoms with Crippen LogP contribution in [0.5, 0.6) is 28.7 Å². The summed E-state index contributed by atoms with van der Waals surface area (Å²) < 4.78 is 28.5. The Morgan fingerprint density at radius 3 is 1.09 bits per heavy atom. The summed E-state index contributed by atoms with van der Waals surface area (Å²) in [4.78, 5) is 101. The number of benzene rings is 8. The summed E-state index contributed by atoms with van der Waals surface area (Å²) in [6, 6.07) is 42.6. The second kappa shape index (κ2) is 36.0. The number of amides is 12. The lowest BCUT2D eigenvalue weighted by Crippen LogP contribution is -2.46. The first-order chi connectivity index (χ1) is 59.2. The second-order valence-corrected chi connectivity index (χ2v) is 36.5. The second-order valence-electron chi connectivity index (χ2n) is 36.5. The molecule has 8 aromatic carbocycles. The minimum atomic E-state index is -0.534. The number of hydrogen-bond acceptors (Lipinski definition) is 16. The molecule has 4 saturated heterocycles. The van der Waals surface area contributed by atoms with E-state index in [-0.39, 0.29) is 44.4 Å². The van der Waals surface area contributed by atoms with Crippen LogP contribution in [0.2, 0.25) is 0 Å². The Morgan fingerprint density at radius 2 is 0.688 bits per heavy atom. The smallest absolute Gasteiger partial charge is 0.326 e. The van der Waals surface area contributed by atoms with Gasteiger partial charge in [0.1, 0.15) is 51.5 Å². The Kier molecular flexibility index (Phi) is 25.8. The van der Waals surface area contributed by atoms with Crippen molar-refractivity contribution in [3.63, 3.8) is 0 Å². The van der Waals surface area contributed by atoms with E-state index in [0.717, 1.165) is 136 Å². The van der Waals surface area contributed by atoms with E-state index in [1.54, 1.807) is 59.9 Å². The Morgan fingerprint density at radius 1 is 0.336 bits per heavy atom. The van der Waals surface area contributed by atoms with E-state index in [0.29, 0.717) is 35.2 Å². The van der Waals surface area contributed by atoms with Gasteiger partial charge in [-0.2, -0.15) is 0 Å². The highest BCUT2D eigenvalue weighted by atomic mass is 16.5. The molecule has 6 aliphatic heterocycles. The number of anilines is 3. The van der Waals surface area contributed by atoms with Crippen LogP contribution in [-0.4, -0.2) is 121 Å². The van der Waals surface area contributed by atoms with Crippen LogP contribution < -0.4 is 80.9 Å². The van der Waals surface area contributed by atoms with Crippen LogP contribution in [0.25, 0.3) is 68.8 Å². The molecule has 0 atom stereocenters. The first-order valence-electron chi connectivity index (χ1n) is 42.8. The highest BCUT2D eigenvalue weighted by Crippen LogP contribution is 2.52. The Labute approximate surface area is 733 Å². The van der Waals surface area contributed by atoms with Gasteiger partial charge in [0.2, 0.25) is 0 Å². The van der Waals surface area contributed by atoms with Crippen LogP contribution >= 0.6 is 0 Å². The number of aryl methyl sites for hydroxylation is 3. The van der Waals surface area contributed by atoms with Gasteiger partial charge in [0.05, 0.1) is 52.5 Å². The summed E-state index contributed by atoms with van der Waals surface area (Å²) in [6.45, 7) is 39.1. The number of rotatable bonds is 16. The van der Waals surface area contributed by atoms with Crippen molar-refractivity contribution >= 4 is 89.1 Å². The van der Waals surface area contributed by atoms with Gasteiger partial charge in [0.25, 0.3) is 23.6 Å². The molecule has 8 aromatic rings. The van der Waals surface area contributed by atoms with Crippen LogP contribution in [0.4, 0.5) is 36.2 Å². The normalized spacial score (nSPS) is 18.6. The van der Waals surface area contributed by atoms with Gasteiger partial charge in [0.15, 0.2) is 0 Å². The standard InChI is InChI=1S/C26H32N4O3.C26H30N2O4.C25H28N2O3.C24H27N3O3/c1-15(2)29-9-10-30(16(3)4)23-14-19(17(5)11-22(23)29)20-12-18(7-8-24(20)33-6)13-21-25(31)28-26(32)27-21;1-25(2)11-12-26(3,4)18-13-15(7-9-17(18)25)21-20(31-5)10-8-16(22(21)32-6)14-19-23(29)28-24(30)27-19;1-24(2)10-11-25(3,4)19-14-16(7-8-18(19)24)17-12-15(6-9-21(17)30-5)13-20-22(28)27-23(29)26-20;1-14(2)27-9-5-6-17-13-18(15(3)10-21(17)27)19-11-16(7-8-22(19)30-4)12-20-23(28)26-24(29)25-20/h7-8,11-16H,9-10H2,1-6H3,(H2,27,28,31,32);7-10,13-14H,11-12H2,1-6H3,(H2,27,28,29,30);6-9,12-14H,10-11H2,1-5H3,(H2,26,27,28,29);7-8,10-14H,5-6,9H2,1-4H3,(H2,25,26,28,29)/b21-13-;19-14-;20-13-;20-12-. The fourth-order valence-corrected chi connectivity index (χ4v) is 18.1. The van der Waals surface area contributed by atoms with E-state index in [2.05, 4.69) is 229 Å². The third kappa shape index (κ3) is 18.9. The van der Waals surface area contributed by atoms with Crippen molar-refractivity contribution in [3.05, 3.63) is 211 Å². The minimum absolute atomic E-state index is 0.0626. The molecule has 0 saturated carbocycles. The molecule has 125 heavy (non-hydrogen) atoms. The van der Waals surface area contributed by atoms with Crippen molar-refractivity contribution in [3.8, 4) is 73.3 Å². The fraction of sp³-hybridized carbons (Fsp3) is 0.366. The third-order valence-corrected chi connectivity index (χ3v) is 25.2. The van der Waals surface area contributed by atoms with E-state index in [1.165, 1.54) is 56.9 Å². The van der Waals surface area contributed by atoms with E-state index in [1.807, 2.05) is 66.7 Å². The number of nitrogens with zero attached hydrogens (tertiary/aromatic N) is 3. The predicted molar refractivity (Wildman–Crippen MR) is 495 cm³/mol. The average Bonchev–Trinajstić information content (AvgIpc) is 1.32. The van der Waals surface area contributed by atoms with Crippen molar-refractivity contribution in [1.29, 1.82) is 0 Å². The Bertz CT molecular complexity index is 5820. The van der Waals surface area contributed by atoms with Crippen LogP contribution in [0.15, 0.2) is 150 Å². The fourth-order valence-electron chi connectivity index (χ4n) is 18.1. The molecule has 2 aliphatic carbocycles. The summed E-state index contributed by atoms with van der Waals surface area (Å²) >= 11 is 0. The van der Waals surface area contributed by atoms with Crippen molar-refractivity contribution in [1.82, 2.24) is 42.5 Å². The number of methoxy groups -OCH3 is 5. The summed E-state index contributed by atoms with van der Waals surface area (Å²) in [5.41, 5.74) is 25.4. The van der Waals surface area contributed by atoms with Crippen LogP contribution in [0.1, 0.15) is 190 Å². The molecule has 4 fully saturated rings. The maximum atomic E-state index is 12.0. The molecular weight excluding hydrogens is 1580 g/mol. The Balaban J connectivity index is 0.000000143. The van der Waals surface area contributed by atoms with E-state index in [9.17, 15) is 38.4 Å². The first kappa shape index (κ1) is 89.6. The minimum Gasteiger partial charge on any atom is -0.496 e. The quantitative estimate of drug-likeness (QED) is 0.0330. The number of fused-ring (bicyclic) bond motifs is 4. The van der Waals surface area contributed by atoms with Crippen LogP contribution in [0.3, 0.4) is 0 Å². The van der Waals surface area contributed by atoms with Gasteiger partial charge in [-0.25, -0.2) is 19.2 Å².